The molecule has 2 aromatic rings. The van der Waals surface area contributed by atoms with Gasteiger partial charge >= 0.3 is 0 Å². The summed E-state index contributed by atoms with van der Waals surface area (Å²) >= 11 is 0. The number of rotatable bonds is 2. The van der Waals surface area contributed by atoms with Crippen molar-refractivity contribution in [2.75, 3.05) is 13.2 Å². The molecular formula is C14H11NO3. The summed E-state index contributed by atoms with van der Waals surface area (Å²) in [4.78, 5) is 25.2. The molecule has 1 aliphatic heterocycles. The third-order valence-corrected chi connectivity index (χ3v) is 3.16. The van der Waals surface area contributed by atoms with Crippen LogP contribution < -0.4 is 0 Å². The maximum Gasteiger partial charge on any atom is 0.261 e. The molecule has 1 aliphatic rings. The molecule has 2 amide bonds. The Morgan fingerprint density at radius 2 is 1.44 bits per heavy atom. The molecular weight excluding hydrogens is 230 g/mol. The quantitative estimate of drug-likeness (QED) is 0.809. The van der Waals surface area contributed by atoms with Crippen molar-refractivity contribution in [1.82, 2.24) is 4.90 Å². The van der Waals surface area contributed by atoms with Crippen LogP contribution in [0.3, 0.4) is 0 Å². The molecule has 0 unspecified atom stereocenters. The average Bonchev–Trinajstić information content (AvgIpc) is 2.62. The minimum atomic E-state index is -0.324. The largest absolute Gasteiger partial charge is 0.395 e. The van der Waals surface area contributed by atoms with Gasteiger partial charge in [0, 0.05) is 0 Å². The lowest BCUT2D eigenvalue weighted by Crippen LogP contribution is -2.32. The predicted molar refractivity (Wildman–Crippen MR) is 66.4 cm³/mol. The van der Waals surface area contributed by atoms with Gasteiger partial charge in [-0.05, 0) is 22.9 Å². The van der Waals surface area contributed by atoms with Gasteiger partial charge in [-0.3, -0.25) is 14.5 Å². The number of fused-ring (bicyclic) bond motifs is 2. The molecule has 0 aromatic heterocycles. The molecule has 0 saturated carbocycles. The first-order valence-electron chi connectivity index (χ1n) is 5.72. The van der Waals surface area contributed by atoms with E-state index >= 15 is 0 Å². The number of carbonyl (C=O) groups excluding carboxylic acids is 2. The zero-order chi connectivity index (χ0) is 12.7. The van der Waals surface area contributed by atoms with Crippen molar-refractivity contribution < 1.29 is 14.7 Å². The summed E-state index contributed by atoms with van der Waals surface area (Å²) < 4.78 is 0. The van der Waals surface area contributed by atoms with Crippen molar-refractivity contribution in [2.24, 2.45) is 0 Å². The fourth-order valence-corrected chi connectivity index (χ4v) is 2.28. The molecule has 18 heavy (non-hydrogen) atoms. The standard InChI is InChI=1S/C14H11NO3/c16-6-5-15-13(17)11-7-9-3-1-2-4-10(9)8-12(11)14(15)18/h1-4,7-8,16H,5-6H2. The van der Waals surface area contributed by atoms with Gasteiger partial charge in [0.15, 0.2) is 0 Å². The van der Waals surface area contributed by atoms with E-state index in [0.717, 1.165) is 15.7 Å². The van der Waals surface area contributed by atoms with E-state index in [-0.39, 0.29) is 25.0 Å². The molecule has 0 radical (unpaired) electrons. The van der Waals surface area contributed by atoms with Crippen LogP contribution in [0.4, 0.5) is 0 Å². The second-order valence-electron chi connectivity index (χ2n) is 4.23. The molecule has 1 heterocycles. The van der Waals surface area contributed by atoms with E-state index in [1.54, 1.807) is 12.1 Å². The number of carbonyl (C=O) groups is 2. The Hall–Kier alpha value is -2.20. The highest BCUT2D eigenvalue weighted by molar-refractivity contribution is 6.23. The number of aliphatic hydroxyl groups is 1. The Kier molecular flexibility index (Phi) is 2.38. The molecule has 2 aromatic carbocycles. The van der Waals surface area contributed by atoms with Crippen molar-refractivity contribution in [3.63, 3.8) is 0 Å². The Morgan fingerprint density at radius 3 is 1.89 bits per heavy atom. The Balaban J connectivity index is 2.20. The van der Waals surface area contributed by atoms with Gasteiger partial charge < -0.3 is 5.11 Å². The summed E-state index contributed by atoms with van der Waals surface area (Å²) in [6, 6.07) is 11.1. The lowest BCUT2D eigenvalue weighted by molar-refractivity contribution is 0.0624. The second kappa shape index (κ2) is 3.92. The molecule has 0 aliphatic carbocycles. The van der Waals surface area contributed by atoms with E-state index in [1.165, 1.54) is 0 Å². The first-order valence-corrected chi connectivity index (χ1v) is 5.72. The monoisotopic (exact) mass is 241 g/mol. The first kappa shape index (κ1) is 10.9. The minimum Gasteiger partial charge on any atom is -0.395 e. The van der Waals surface area contributed by atoms with Crippen LogP contribution in [0.15, 0.2) is 36.4 Å². The second-order valence-corrected chi connectivity index (χ2v) is 4.23. The maximum absolute atomic E-state index is 12.0. The zero-order valence-corrected chi connectivity index (χ0v) is 9.59. The van der Waals surface area contributed by atoms with Crippen molar-refractivity contribution in [3.8, 4) is 0 Å². The van der Waals surface area contributed by atoms with Crippen LogP contribution in [0.2, 0.25) is 0 Å². The Labute approximate surface area is 103 Å². The Morgan fingerprint density at radius 1 is 0.944 bits per heavy atom. The molecule has 4 nitrogen and oxygen atoms in total. The van der Waals surface area contributed by atoms with Crippen molar-refractivity contribution in [3.05, 3.63) is 47.5 Å². The van der Waals surface area contributed by atoms with E-state index in [2.05, 4.69) is 0 Å². The number of benzene rings is 2. The molecule has 3 rings (SSSR count). The van der Waals surface area contributed by atoms with E-state index < -0.39 is 0 Å². The number of hydrogen-bond donors (Lipinski definition) is 1. The van der Waals surface area contributed by atoms with Gasteiger partial charge in [-0.1, -0.05) is 24.3 Å². The normalized spacial score (nSPS) is 14.4. The Bertz CT molecular complexity index is 609. The minimum absolute atomic E-state index is 0.0443. The van der Waals surface area contributed by atoms with Crippen LogP contribution in [0.5, 0.6) is 0 Å². The zero-order valence-electron chi connectivity index (χ0n) is 9.59. The summed E-state index contributed by atoms with van der Waals surface area (Å²) in [5.74, 6) is -0.649. The van der Waals surface area contributed by atoms with Crippen molar-refractivity contribution >= 4 is 22.6 Å². The van der Waals surface area contributed by atoms with Crippen LogP contribution in [0, 0.1) is 0 Å². The van der Waals surface area contributed by atoms with Gasteiger partial charge in [-0.15, -0.1) is 0 Å². The van der Waals surface area contributed by atoms with E-state index in [4.69, 9.17) is 5.11 Å². The van der Waals surface area contributed by atoms with Crippen LogP contribution in [0.1, 0.15) is 20.7 Å². The first-order chi connectivity index (χ1) is 8.72. The number of amides is 2. The molecule has 90 valence electrons. The number of hydrogen-bond acceptors (Lipinski definition) is 3. The third-order valence-electron chi connectivity index (χ3n) is 3.16. The summed E-state index contributed by atoms with van der Waals surface area (Å²) in [6.07, 6.45) is 0. The van der Waals surface area contributed by atoms with Crippen molar-refractivity contribution in [2.45, 2.75) is 0 Å². The summed E-state index contributed by atoms with van der Waals surface area (Å²) in [6.45, 7) is -0.173. The van der Waals surface area contributed by atoms with Gasteiger partial charge in [0.25, 0.3) is 11.8 Å². The molecule has 0 atom stereocenters. The van der Waals surface area contributed by atoms with Crippen LogP contribution in [0.25, 0.3) is 10.8 Å². The number of aliphatic hydroxyl groups excluding tert-OH is 1. The average molecular weight is 241 g/mol. The highest BCUT2D eigenvalue weighted by Gasteiger charge is 2.35. The molecule has 0 bridgehead atoms. The third kappa shape index (κ3) is 1.43. The highest BCUT2D eigenvalue weighted by Crippen LogP contribution is 2.27. The summed E-state index contributed by atoms with van der Waals surface area (Å²) in [7, 11) is 0. The fraction of sp³-hybridized carbons (Fsp3) is 0.143. The molecule has 0 saturated heterocycles. The number of nitrogens with zero attached hydrogens (tertiary/aromatic N) is 1. The number of β-amino-alcohol motifs (C(OH)–C–C–N with tert-alkyl or cyclic N) is 1. The van der Waals surface area contributed by atoms with E-state index in [0.29, 0.717) is 11.1 Å². The van der Waals surface area contributed by atoms with Crippen LogP contribution >= 0.6 is 0 Å². The lowest BCUT2D eigenvalue weighted by Gasteiger charge is -2.10. The van der Waals surface area contributed by atoms with Crippen LogP contribution in [-0.2, 0) is 0 Å². The van der Waals surface area contributed by atoms with E-state index in [9.17, 15) is 9.59 Å². The molecule has 0 spiro atoms. The maximum atomic E-state index is 12.0. The highest BCUT2D eigenvalue weighted by atomic mass is 16.3. The van der Waals surface area contributed by atoms with Gasteiger partial charge in [0.2, 0.25) is 0 Å². The topological polar surface area (TPSA) is 57.6 Å². The fourth-order valence-electron chi connectivity index (χ4n) is 2.28. The van der Waals surface area contributed by atoms with Crippen molar-refractivity contribution in [1.29, 1.82) is 0 Å². The van der Waals surface area contributed by atoms with Gasteiger partial charge in [-0.2, -0.15) is 0 Å². The van der Waals surface area contributed by atoms with E-state index in [1.807, 2.05) is 24.3 Å². The van der Waals surface area contributed by atoms with Crippen LogP contribution in [-0.4, -0.2) is 35.0 Å². The predicted octanol–water partition coefficient (Wildman–Crippen LogP) is 1.43. The molecule has 0 fully saturated rings. The molecule has 4 heteroatoms. The van der Waals surface area contributed by atoms with Gasteiger partial charge in [0.1, 0.15) is 0 Å². The lowest BCUT2D eigenvalue weighted by atomic mass is 10.0. The summed E-state index contributed by atoms with van der Waals surface area (Å²) in [5.41, 5.74) is 0.847. The molecule has 1 N–H and O–H groups in total. The summed E-state index contributed by atoms with van der Waals surface area (Å²) in [5, 5.41) is 10.8. The SMILES string of the molecule is O=C1c2cc3ccccc3cc2C(=O)N1CCO. The smallest absolute Gasteiger partial charge is 0.261 e. The number of imide groups is 1. The van der Waals surface area contributed by atoms with Gasteiger partial charge in [-0.25, -0.2) is 0 Å². The van der Waals surface area contributed by atoms with Gasteiger partial charge in [0.05, 0.1) is 24.3 Å².